The Labute approximate surface area is 400 Å². The molecule has 0 fully saturated rings. The number of unbranched alkanes of at least 4 members (excludes halogenated alkanes) is 6. The van der Waals surface area contributed by atoms with Crippen molar-refractivity contribution < 1.29 is 57.2 Å². The highest BCUT2D eigenvalue weighted by Crippen LogP contribution is 2.13. The Kier molecular flexibility index (Phi) is 30.1. The lowest BCUT2D eigenvalue weighted by Crippen LogP contribution is -2.54. The molecule has 1 rings (SSSR count). The Hall–Kier alpha value is -5.51. The minimum Gasteiger partial charge on any atom is -0.460 e. The third-order valence-corrected chi connectivity index (χ3v) is 11.8. The number of ether oxygens (including phenoxy) is 6. The van der Waals surface area contributed by atoms with Gasteiger partial charge in [-0.2, -0.15) is 23.5 Å². The highest BCUT2D eigenvalue weighted by atomic mass is 32.2. The van der Waals surface area contributed by atoms with Gasteiger partial charge in [0.15, 0.2) is 0 Å². The number of carbonyl (C=O) groups excluding carboxylic acids is 6. The summed E-state index contributed by atoms with van der Waals surface area (Å²) in [5, 5.41) is 5.16. The van der Waals surface area contributed by atoms with Crippen LogP contribution in [0.15, 0.2) is 65.0 Å². The normalized spacial score (nSPS) is 11.1. The zero-order valence-electron chi connectivity index (χ0n) is 39.2. The molecule has 0 aliphatic carbocycles. The number of nitrogens with one attached hydrogen (secondary N) is 2. The number of alkyl carbamates (subject to hydrolysis) is 2. The number of thioether (sulfide) groups is 2. The van der Waals surface area contributed by atoms with E-state index >= 15 is 0 Å². The second kappa shape index (κ2) is 33.9. The van der Waals surface area contributed by atoms with Crippen LogP contribution in [0, 0.1) is 0 Å². The van der Waals surface area contributed by atoms with Crippen molar-refractivity contribution >= 4 is 59.6 Å². The van der Waals surface area contributed by atoms with Gasteiger partial charge in [-0.3, -0.25) is 0 Å². The molecule has 1 aromatic heterocycles. The quantitative estimate of drug-likeness (QED) is 0.0405. The molecule has 0 spiro atoms. The lowest BCUT2D eigenvalue weighted by atomic mass is 10.1. The summed E-state index contributed by atoms with van der Waals surface area (Å²) in [5.41, 5.74) is -4.30. The standard InChI is InChI=1S/C45H69N5O15S2/c1-8-35(51)62-31-44(6,32-63-36(52)9-2)46-39(55)60-25-17-13-15-19-27-66-29-21-23-49-41(57)48(12-5)42(58)50(43(49)59)24-22-30-67-28-20-16-14-18-26-61-40(56)47-45(7,33-64-37(53)10-3)34-65-38(54)11-4/h8-11H,1-4,12-34H2,5-7H3,(H,46,55)(H,47,56). The largest absolute Gasteiger partial charge is 0.460 e. The summed E-state index contributed by atoms with van der Waals surface area (Å²) in [7, 11) is 0. The zero-order valence-corrected chi connectivity index (χ0v) is 40.8. The first kappa shape index (κ1) is 59.5. The van der Waals surface area contributed by atoms with E-state index in [1.807, 2.05) is 0 Å². The molecule has 2 amide bonds. The maximum absolute atomic E-state index is 13.3. The maximum atomic E-state index is 13.3. The number of hydrogen-bond acceptors (Lipinski definition) is 17. The summed E-state index contributed by atoms with van der Waals surface area (Å²) >= 11 is 3.41. The van der Waals surface area contributed by atoms with Crippen LogP contribution in [0.25, 0.3) is 0 Å². The fourth-order valence-electron chi connectivity index (χ4n) is 5.79. The SMILES string of the molecule is C=CC(=O)OCC(C)(COC(=O)C=C)NC(=O)OCCCCCCSCCCn1c(=O)n(CC)c(=O)n(CCCSCCCCCCOC(=O)NC(C)(COC(=O)C=C)COC(=O)C=C)c1=O. The summed E-state index contributed by atoms with van der Waals surface area (Å²) < 4.78 is 34.0. The maximum Gasteiger partial charge on any atom is 0.407 e. The van der Waals surface area contributed by atoms with Crippen molar-refractivity contribution in [3.63, 3.8) is 0 Å². The predicted molar refractivity (Wildman–Crippen MR) is 256 cm³/mol. The minimum atomic E-state index is -1.24. The average Bonchev–Trinajstić information content (AvgIpc) is 3.31. The van der Waals surface area contributed by atoms with Gasteiger partial charge in [0, 0.05) is 43.9 Å². The summed E-state index contributed by atoms with van der Waals surface area (Å²) in [6, 6.07) is 0. The average molecular weight is 984 g/mol. The van der Waals surface area contributed by atoms with Crippen LogP contribution < -0.4 is 27.7 Å². The summed E-state index contributed by atoms with van der Waals surface area (Å²) in [6.45, 7) is 17.8. The fraction of sp³-hybridized carbons (Fsp3) is 0.622. The van der Waals surface area contributed by atoms with Crippen LogP contribution in [0.2, 0.25) is 0 Å². The van der Waals surface area contributed by atoms with Crippen molar-refractivity contribution in [3.8, 4) is 0 Å². The zero-order chi connectivity index (χ0) is 50.1. The van der Waals surface area contributed by atoms with Gasteiger partial charge < -0.3 is 39.1 Å². The third kappa shape index (κ3) is 25.3. The predicted octanol–water partition coefficient (Wildman–Crippen LogP) is 4.45. The van der Waals surface area contributed by atoms with Gasteiger partial charge >= 0.3 is 53.1 Å². The van der Waals surface area contributed by atoms with Crippen LogP contribution in [0.4, 0.5) is 9.59 Å². The molecule has 22 heteroatoms. The van der Waals surface area contributed by atoms with Gasteiger partial charge in [0.2, 0.25) is 0 Å². The monoisotopic (exact) mass is 983 g/mol. The number of esters is 4. The van der Waals surface area contributed by atoms with E-state index < -0.39 is 64.2 Å². The van der Waals surface area contributed by atoms with Crippen molar-refractivity contribution in [3.05, 3.63) is 82.1 Å². The summed E-state index contributed by atoms with van der Waals surface area (Å²) in [5.74, 6) is 0.357. The van der Waals surface area contributed by atoms with E-state index in [0.29, 0.717) is 25.7 Å². The lowest BCUT2D eigenvalue weighted by molar-refractivity contribution is -0.146. The molecule has 0 atom stereocenters. The van der Waals surface area contributed by atoms with E-state index in [1.165, 1.54) is 13.8 Å². The highest BCUT2D eigenvalue weighted by molar-refractivity contribution is 7.99. The highest BCUT2D eigenvalue weighted by Gasteiger charge is 2.32. The first-order chi connectivity index (χ1) is 32.0. The molecular formula is C45H69N5O15S2. The molecule has 0 unspecified atom stereocenters. The second-order valence-corrected chi connectivity index (χ2v) is 18.0. The van der Waals surface area contributed by atoms with Crippen molar-refractivity contribution in [2.24, 2.45) is 0 Å². The number of hydrogen-bond donors (Lipinski definition) is 2. The van der Waals surface area contributed by atoms with Gasteiger partial charge in [0.05, 0.1) is 13.2 Å². The molecule has 67 heavy (non-hydrogen) atoms. The Morgan fingerprint density at radius 2 is 0.776 bits per heavy atom. The molecule has 0 aliphatic heterocycles. The lowest BCUT2D eigenvalue weighted by Gasteiger charge is -2.29. The molecule has 20 nitrogen and oxygen atoms in total. The van der Waals surface area contributed by atoms with E-state index in [0.717, 1.165) is 99.5 Å². The van der Waals surface area contributed by atoms with E-state index in [2.05, 4.69) is 36.9 Å². The second-order valence-electron chi connectivity index (χ2n) is 15.5. The van der Waals surface area contributed by atoms with Gasteiger partial charge in [0.25, 0.3) is 0 Å². The molecule has 0 saturated heterocycles. The van der Waals surface area contributed by atoms with Gasteiger partial charge in [0.1, 0.15) is 37.5 Å². The van der Waals surface area contributed by atoms with Crippen LogP contribution in [0.3, 0.4) is 0 Å². The smallest absolute Gasteiger partial charge is 0.407 e. The first-order valence-corrected chi connectivity index (χ1v) is 24.5. The fourth-order valence-corrected chi connectivity index (χ4v) is 7.68. The number of carbonyl (C=O) groups is 6. The third-order valence-electron chi connectivity index (χ3n) is 9.48. The van der Waals surface area contributed by atoms with Crippen LogP contribution in [-0.2, 0) is 67.2 Å². The first-order valence-electron chi connectivity index (χ1n) is 22.1. The van der Waals surface area contributed by atoms with Crippen LogP contribution in [0.5, 0.6) is 0 Å². The molecule has 0 saturated carbocycles. The number of rotatable bonds is 37. The molecule has 0 bridgehead atoms. The van der Waals surface area contributed by atoms with Crippen LogP contribution in [0.1, 0.15) is 85.0 Å². The van der Waals surface area contributed by atoms with E-state index in [1.54, 1.807) is 30.4 Å². The Bertz CT molecular complexity index is 1800. The topological polar surface area (TPSA) is 248 Å². The summed E-state index contributed by atoms with van der Waals surface area (Å²) in [4.78, 5) is 110. The van der Waals surface area contributed by atoms with Crippen molar-refractivity contribution in [1.82, 2.24) is 24.3 Å². The number of nitrogens with zero attached hydrogens (tertiary/aromatic N) is 3. The summed E-state index contributed by atoms with van der Waals surface area (Å²) in [6.07, 6.45) is 10.0. The van der Waals surface area contributed by atoms with E-state index in [-0.39, 0.29) is 59.3 Å². The van der Waals surface area contributed by atoms with Crippen LogP contribution >= 0.6 is 23.5 Å². The van der Waals surface area contributed by atoms with Gasteiger partial charge in [-0.15, -0.1) is 0 Å². The molecule has 1 aromatic rings. The number of amides is 2. The molecule has 376 valence electrons. The Morgan fingerprint density at radius 3 is 1.09 bits per heavy atom. The molecule has 1 heterocycles. The van der Waals surface area contributed by atoms with E-state index in [9.17, 15) is 43.2 Å². The van der Waals surface area contributed by atoms with Gasteiger partial charge in [-0.05, 0) is 82.3 Å². The van der Waals surface area contributed by atoms with E-state index in [4.69, 9.17) is 28.4 Å². The van der Waals surface area contributed by atoms with Crippen LogP contribution in [-0.4, -0.2) is 123 Å². The molecule has 0 aromatic carbocycles. The van der Waals surface area contributed by atoms with Gasteiger partial charge in [-0.25, -0.2) is 56.9 Å². The van der Waals surface area contributed by atoms with Crippen molar-refractivity contribution in [2.45, 2.75) is 116 Å². The minimum absolute atomic E-state index is 0.145. The number of aromatic nitrogens is 3. The van der Waals surface area contributed by atoms with Crippen molar-refractivity contribution in [2.75, 3.05) is 62.7 Å². The molecule has 0 radical (unpaired) electrons. The Morgan fingerprint density at radius 1 is 0.478 bits per heavy atom. The molecule has 0 aliphatic rings. The Balaban J connectivity index is 2.38. The molecular weight excluding hydrogens is 915 g/mol. The molecule has 2 N–H and O–H groups in total. The van der Waals surface area contributed by atoms with Gasteiger partial charge in [-0.1, -0.05) is 52.0 Å². The van der Waals surface area contributed by atoms with Crippen molar-refractivity contribution in [1.29, 1.82) is 0 Å².